The number of benzene rings is 2. The lowest BCUT2D eigenvalue weighted by Crippen LogP contribution is -2.28. The summed E-state index contributed by atoms with van der Waals surface area (Å²) in [5, 5.41) is 1.08. The zero-order valence-corrected chi connectivity index (χ0v) is 20.8. The van der Waals surface area contributed by atoms with E-state index in [-0.39, 0.29) is 30.3 Å². The van der Waals surface area contributed by atoms with Gasteiger partial charge in [0, 0.05) is 23.1 Å². The Hall–Kier alpha value is -3.10. The predicted molar refractivity (Wildman–Crippen MR) is 136 cm³/mol. The van der Waals surface area contributed by atoms with Gasteiger partial charge in [-0.25, -0.2) is 0 Å². The van der Waals surface area contributed by atoms with Crippen molar-refractivity contribution >= 4 is 32.9 Å². The summed E-state index contributed by atoms with van der Waals surface area (Å²) >= 11 is 0. The molecule has 1 aliphatic heterocycles. The molecular weight excluding hydrogens is 468 g/mol. The van der Waals surface area contributed by atoms with Crippen LogP contribution in [-0.4, -0.2) is 48.7 Å². The van der Waals surface area contributed by atoms with Gasteiger partial charge in [0.2, 0.25) is 0 Å². The molecule has 0 spiro atoms. The van der Waals surface area contributed by atoms with Crippen LogP contribution >= 0.6 is 10.0 Å². The monoisotopic (exact) mass is 498 g/mol. The summed E-state index contributed by atoms with van der Waals surface area (Å²) in [6.07, 6.45) is -0.323. The number of hydrogen-bond donors (Lipinski definition) is 0. The van der Waals surface area contributed by atoms with Crippen LogP contribution in [0, 0.1) is 0 Å². The van der Waals surface area contributed by atoms with E-state index in [4.69, 9.17) is 18.6 Å². The molecule has 0 radical (unpaired) electrons. The van der Waals surface area contributed by atoms with Crippen molar-refractivity contribution in [1.29, 1.82) is 0 Å². The minimum Gasteiger partial charge on any atom is -0.463 e. The molecule has 8 heteroatoms. The van der Waals surface area contributed by atoms with Crippen molar-refractivity contribution in [2.24, 2.45) is 0 Å². The molecule has 0 saturated carbocycles. The van der Waals surface area contributed by atoms with Gasteiger partial charge >= 0.3 is 11.9 Å². The Morgan fingerprint density at radius 3 is 2.40 bits per heavy atom. The lowest BCUT2D eigenvalue weighted by molar-refractivity contribution is -0.151. The smallest absolute Gasteiger partial charge is 0.307 e. The van der Waals surface area contributed by atoms with E-state index in [2.05, 4.69) is 0 Å². The maximum absolute atomic E-state index is 13.1. The first-order valence-corrected chi connectivity index (χ1v) is 13.8. The van der Waals surface area contributed by atoms with Gasteiger partial charge in [-0.1, -0.05) is 42.5 Å². The van der Waals surface area contributed by atoms with Crippen molar-refractivity contribution < 1.29 is 28.2 Å². The van der Waals surface area contributed by atoms with Crippen LogP contribution in [-0.2, 0) is 23.8 Å². The third-order valence-electron chi connectivity index (χ3n) is 5.83. The average Bonchev–Trinajstić information content (AvgIpc) is 2.86. The van der Waals surface area contributed by atoms with Gasteiger partial charge in [-0.15, -0.1) is 10.0 Å². The molecule has 0 aliphatic carbocycles. The van der Waals surface area contributed by atoms with Crippen molar-refractivity contribution in [2.75, 3.05) is 30.7 Å². The molecule has 1 saturated heterocycles. The maximum atomic E-state index is 13.1. The average molecular weight is 499 g/mol. The van der Waals surface area contributed by atoms with E-state index in [0.29, 0.717) is 40.8 Å². The number of carbonyl (C=O) groups excluding carboxylic acids is 2. The summed E-state index contributed by atoms with van der Waals surface area (Å²) in [6, 6.07) is 16.9. The first-order chi connectivity index (χ1) is 16.9. The molecule has 3 aromatic rings. The molecule has 0 unspecified atom stereocenters. The Morgan fingerprint density at radius 2 is 1.69 bits per heavy atom. The van der Waals surface area contributed by atoms with Crippen molar-refractivity contribution in [3.63, 3.8) is 0 Å². The van der Waals surface area contributed by atoms with Crippen LogP contribution in [0.15, 0.2) is 68.9 Å². The molecule has 0 bridgehead atoms. The van der Waals surface area contributed by atoms with E-state index in [1.165, 1.54) is 0 Å². The minimum atomic E-state index is -1.79. The molecule has 0 atom stereocenters. The molecule has 2 heterocycles. The summed E-state index contributed by atoms with van der Waals surface area (Å²) < 4.78 is 22.8. The van der Waals surface area contributed by atoms with Crippen molar-refractivity contribution in [3.8, 4) is 11.1 Å². The molecule has 0 amide bonds. The van der Waals surface area contributed by atoms with Crippen LogP contribution in [0.4, 0.5) is 0 Å². The zero-order chi connectivity index (χ0) is 24.8. The highest BCUT2D eigenvalue weighted by Crippen LogP contribution is 2.57. The summed E-state index contributed by atoms with van der Waals surface area (Å²) in [5.74, 6) is 0.460. The highest BCUT2D eigenvalue weighted by atomic mass is 32.3. The molecule has 1 aromatic heterocycles. The number of fused-ring (bicyclic) bond motifs is 1. The third-order valence-corrected chi connectivity index (χ3v) is 9.35. The van der Waals surface area contributed by atoms with E-state index < -0.39 is 22.0 Å². The van der Waals surface area contributed by atoms with Crippen LogP contribution < -0.4 is 5.43 Å². The molecule has 1 fully saturated rings. The Labute approximate surface area is 205 Å². The van der Waals surface area contributed by atoms with E-state index >= 15 is 0 Å². The van der Waals surface area contributed by atoms with E-state index in [1.54, 1.807) is 26.0 Å². The number of ether oxygens (including phenoxy) is 3. The van der Waals surface area contributed by atoms with E-state index in [1.807, 2.05) is 42.5 Å². The Kier molecular flexibility index (Phi) is 7.93. The fraction of sp³-hybridized carbons (Fsp3) is 0.370. The summed E-state index contributed by atoms with van der Waals surface area (Å²) in [4.78, 5) is 37.3. The van der Waals surface area contributed by atoms with Crippen molar-refractivity contribution in [1.82, 2.24) is 0 Å². The number of carbonyl (C=O) groups is 2. The lowest BCUT2D eigenvalue weighted by Gasteiger charge is -2.40. The molecule has 0 N–H and O–H groups in total. The first-order valence-electron chi connectivity index (χ1n) is 11.7. The molecular formula is C27H30O7S. The van der Waals surface area contributed by atoms with Crippen molar-refractivity contribution in [3.05, 3.63) is 64.8 Å². The standard InChI is InChI=1S/C27H30O7S/c1-19(2)33-25(30)12-11-24(29)32-18-35(15-13-31-14-16-35)26-17-23(28)22-10-6-9-21(27(22)34-26)20-7-4-3-5-8-20/h3-10,17,19H,11-16,18H2,1-2H3. The van der Waals surface area contributed by atoms with Crippen molar-refractivity contribution in [2.45, 2.75) is 37.9 Å². The molecule has 1 aliphatic rings. The molecule has 35 heavy (non-hydrogen) atoms. The summed E-state index contributed by atoms with van der Waals surface area (Å²) in [7, 11) is -1.79. The number of esters is 2. The quantitative estimate of drug-likeness (QED) is 0.409. The second-order valence-electron chi connectivity index (χ2n) is 8.72. The largest absolute Gasteiger partial charge is 0.463 e. The van der Waals surface area contributed by atoms with Crippen LogP contribution in [0.25, 0.3) is 22.1 Å². The first kappa shape index (κ1) is 25.0. The lowest BCUT2D eigenvalue weighted by atomic mass is 10.0. The fourth-order valence-corrected chi connectivity index (χ4v) is 6.82. The predicted octanol–water partition coefficient (Wildman–Crippen LogP) is 4.89. The van der Waals surface area contributed by atoms with Gasteiger partial charge in [0.25, 0.3) is 0 Å². The number of rotatable bonds is 8. The summed E-state index contributed by atoms with van der Waals surface area (Å²) in [5.41, 5.74) is 2.20. The molecule has 2 aromatic carbocycles. The van der Waals surface area contributed by atoms with Gasteiger partial charge < -0.3 is 18.6 Å². The van der Waals surface area contributed by atoms with Crippen LogP contribution in [0.1, 0.15) is 26.7 Å². The number of hydrogen-bond acceptors (Lipinski definition) is 7. The van der Waals surface area contributed by atoms with Crippen LogP contribution in [0.5, 0.6) is 0 Å². The summed E-state index contributed by atoms with van der Waals surface area (Å²) in [6.45, 7) is 4.51. The highest BCUT2D eigenvalue weighted by molar-refractivity contribution is 8.33. The van der Waals surface area contributed by atoms with Gasteiger partial charge in [0.05, 0.1) is 37.5 Å². The minimum absolute atomic E-state index is 0.0338. The van der Waals surface area contributed by atoms with Gasteiger partial charge in [0.15, 0.2) is 10.5 Å². The maximum Gasteiger partial charge on any atom is 0.307 e. The number of para-hydroxylation sites is 1. The topological polar surface area (TPSA) is 92.0 Å². The zero-order valence-electron chi connectivity index (χ0n) is 20.0. The Bertz CT molecular complexity index is 1240. The second kappa shape index (κ2) is 11.1. The molecule has 7 nitrogen and oxygen atoms in total. The van der Waals surface area contributed by atoms with Gasteiger partial charge in [-0.05, 0) is 25.5 Å². The van der Waals surface area contributed by atoms with Crippen LogP contribution in [0.2, 0.25) is 0 Å². The normalized spacial score (nSPS) is 16.1. The SMILES string of the molecule is CC(C)OC(=O)CCC(=O)OCS1(c2cc(=O)c3cccc(-c4ccccc4)c3o2)CCOCC1. The Balaban J connectivity index is 1.62. The van der Waals surface area contributed by atoms with E-state index in [9.17, 15) is 14.4 Å². The van der Waals surface area contributed by atoms with Gasteiger partial charge in [-0.2, -0.15) is 0 Å². The van der Waals surface area contributed by atoms with E-state index in [0.717, 1.165) is 11.1 Å². The second-order valence-corrected chi connectivity index (χ2v) is 12.3. The highest BCUT2D eigenvalue weighted by Gasteiger charge is 2.34. The van der Waals surface area contributed by atoms with Crippen LogP contribution in [0.3, 0.4) is 0 Å². The molecule has 4 rings (SSSR count). The Morgan fingerprint density at radius 1 is 0.971 bits per heavy atom. The molecule has 186 valence electrons. The third kappa shape index (κ3) is 5.94. The van der Waals surface area contributed by atoms with Gasteiger partial charge in [0.1, 0.15) is 11.5 Å². The van der Waals surface area contributed by atoms with Gasteiger partial charge in [-0.3, -0.25) is 14.4 Å². The fourth-order valence-electron chi connectivity index (χ4n) is 4.01.